The van der Waals surface area contributed by atoms with Gasteiger partial charge in [-0.15, -0.1) is 0 Å². The normalized spacial score (nSPS) is 28.8. The van der Waals surface area contributed by atoms with E-state index in [1.165, 1.54) is 5.56 Å². The molecule has 0 amide bonds. The third-order valence-electron chi connectivity index (χ3n) is 4.56. The number of ether oxygens (including phenoxy) is 1. The molecule has 0 radical (unpaired) electrons. The van der Waals surface area contributed by atoms with Gasteiger partial charge in [0.2, 0.25) is 10.0 Å². The molecule has 1 aromatic carbocycles. The molecule has 116 valence electrons. The summed E-state index contributed by atoms with van der Waals surface area (Å²) in [7, 11) is -1.40. The minimum Gasteiger partial charge on any atom is -0.497 e. The van der Waals surface area contributed by atoms with E-state index in [0.717, 1.165) is 38.2 Å². The van der Waals surface area contributed by atoms with E-state index >= 15 is 0 Å². The van der Waals surface area contributed by atoms with Gasteiger partial charge in [-0.05, 0) is 49.5 Å². The van der Waals surface area contributed by atoms with Gasteiger partial charge in [0, 0.05) is 13.1 Å². The largest absolute Gasteiger partial charge is 0.497 e. The molecule has 0 unspecified atom stereocenters. The summed E-state index contributed by atoms with van der Waals surface area (Å²) >= 11 is 0. The number of hydrogen-bond acceptors (Lipinski definition) is 4. The van der Waals surface area contributed by atoms with E-state index in [1.807, 2.05) is 18.2 Å². The van der Waals surface area contributed by atoms with Crippen LogP contribution in [0.25, 0.3) is 0 Å². The van der Waals surface area contributed by atoms with Gasteiger partial charge in [-0.2, -0.15) is 0 Å². The summed E-state index contributed by atoms with van der Waals surface area (Å²) in [5, 5.41) is -0.201. The Morgan fingerprint density at radius 3 is 2.95 bits per heavy atom. The lowest BCUT2D eigenvalue weighted by molar-refractivity contribution is 0.272. The molecule has 0 aliphatic carbocycles. The van der Waals surface area contributed by atoms with E-state index in [0.29, 0.717) is 6.54 Å². The van der Waals surface area contributed by atoms with Crippen LogP contribution in [0.1, 0.15) is 18.4 Å². The fourth-order valence-corrected chi connectivity index (χ4v) is 5.17. The molecule has 21 heavy (non-hydrogen) atoms. The van der Waals surface area contributed by atoms with Crippen LogP contribution in [-0.2, 0) is 16.6 Å². The van der Waals surface area contributed by atoms with Crippen LogP contribution in [0.5, 0.6) is 5.75 Å². The maximum absolute atomic E-state index is 12.0. The highest BCUT2D eigenvalue weighted by molar-refractivity contribution is 7.90. The Kier molecular flexibility index (Phi) is 4.19. The SMILES string of the molecule is COc1cccc(CN2CC[C@@H]3CNS(=O)(=O)[C@@H]3CC2)c1. The Hall–Kier alpha value is -1.11. The van der Waals surface area contributed by atoms with Crippen LogP contribution in [0.4, 0.5) is 0 Å². The first-order chi connectivity index (χ1) is 10.1. The van der Waals surface area contributed by atoms with Crippen molar-refractivity contribution in [1.29, 1.82) is 0 Å². The second kappa shape index (κ2) is 5.94. The number of benzene rings is 1. The second-order valence-corrected chi connectivity index (χ2v) is 7.88. The smallest absolute Gasteiger partial charge is 0.214 e. The van der Waals surface area contributed by atoms with Crippen molar-refractivity contribution in [2.24, 2.45) is 5.92 Å². The Bertz CT molecular complexity index is 603. The van der Waals surface area contributed by atoms with Crippen LogP contribution < -0.4 is 9.46 Å². The van der Waals surface area contributed by atoms with Crippen LogP contribution in [0.2, 0.25) is 0 Å². The van der Waals surface area contributed by atoms with Crippen LogP contribution in [0.3, 0.4) is 0 Å². The van der Waals surface area contributed by atoms with Crippen LogP contribution in [0, 0.1) is 5.92 Å². The van der Waals surface area contributed by atoms with Gasteiger partial charge in [0.1, 0.15) is 5.75 Å². The summed E-state index contributed by atoms with van der Waals surface area (Å²) < 4.78 is 31.8. The summed E-state index contributed by atoms with van der Waals surface area (Å²) in [6, 6.07) is 8.07. The molecular weight excluding hydrogens is 288 g/mol. The zero-order valence-electron chi connectivity index (χ0n) is 12.3. The van der Waals surface area contributed by atoms with Gasteiger partial charge >= 0.3 is 0 Å². The van der Waals surface area contributed by atoms with Crippen molar-refractivity contribution in [1.82, 2.24) is 9.62 Å². The van der Waals surface area contributed by atoms with E-state index in [9.17, 15) is 8.42 Å². The van der Waals surface area contributed by atoms with Gasteiger partial charge in [0.05, 0.1) is 12.4 Å². The quantitative estimate of drug-likeness (QED) is 0.912. The molecule has 0 aromatic heterocycles. The molecule has 2 heterocycles. The Morgan fingerprint density at radius 1 is 1.33 bits per heavy atom. The van der Waals surface area contributed by atoms with E-state index < -0.39 is 10.0 Å². The second-order valence-electron chi connectivity index (χ2n) is 5.90. The molecule has 0 saturated carbocycles. The Morgan fingerprint density at radius 2 is 2.14 bits per heavy atom. The standard InChI is InChI=1S/C15H22N2O3S/c1-20-14-4-2-3-12(9-14)11-17-7-5-13-10-16-21(18,19)15(13)6-8-17/h2-4,9,13,15-16H,5-8,10-11H2,1H3/t13-,15-/m1/s1. The highest BCUT2D eigenvalue weighted by Crippen LogP contribution is 2.28. The number of methoxy groups -OCH3 is 1. The average molecular weight is 310 g/mol. The van der Waals surface area contributed by atoms with Gasteiger partial charge in [-0.25, -0.2) is 13.1 Å². The summed E-state index contributed by atoms with van der Waals surface area (Å²) in [5.41, 5.74) is 1.21. The third-order valence-corrected chi connectivity index (χ3v) is 6.54. The maximum Gasteiger partial charge on any atom is 0.214 e. The topological polar surface area (TPSA) is 58.6 Å². The highest BCUT2D eigenvalue weighted by atomic mass is 32.2. The van der Waals surface area contributed by atoms with E-state index in [-0.39, 0.29) is 11.2 Å². The molecule has 0 bridgehead atoms. The minimum atomic E-state index is -3.07. The summed E-state index contributed by atoms with van der Waals surface area (Å²) in [6.07, 6.45) is 1.67. The summed E-state index contributed by atoms with van der Waals surface area (Å²) in [6.45, 7) is 3.25. The molecule has 1 N–H and O–H groups in total. The highest BCUT2D eigenvalue weighted by Gasteiger charge is 2.41. The Balaban J connectivity index is 1.66. The fourth-order valence-electron chi connectivity index (χ4n) is 3.35. The number of rotatable bonds is 3. The molecule has 5 nitrogen and oxygen atoms in total. The molecule has 3 rings (SSSR count). The maximum atomic E-state index is 12.0. The molecule has 1 aromatic rings. The Labute approximate surface area is 126 Å². The first-order valence-corrected chi connectivity index (χ1v) is 8.97. The van der Waals surface area contributed by atoms with Crippen molar-refractivity contribution in [3.8, 4) is 5.75 Å². The van der Waals surface area contributed by atoms with Crippen molar-refractivity contribution < 1.29 is 13.2 Å². The lowest BCUT2D eigenvalue weighted by Gasteiger charge is -2.20. The van der Waals surface area contributed by atoms with Crippen LogP contribution in [0.15, 0.2) is 24.3 Å². The molecule has 2 aliphatic heterocycles. The summed E-state index contributed by atoms with van der Waals surface area (Å²) in [4.78, 5) is 2.35. The van der Waals surface area contributed by atoms with Crippen molar-refractivity contribution in [2.45, 2.75) is 24.6 Å². The number of nitrogens with one attached hydrogen (secondary N) is 1. The first kappa shape index (κ1) is 14.8. The zero-order chi connectivity index (χ0) is 14.9. The van der Waals surface area contributed by atoms with Gasteiger partial charge in [-0.3, -0.25) is 4.90 Å². The monoisotopic (exact) mass is 310 g/mol. The fraction of sp³-hybridized carbons (Fsp3) is 0.600. The van der Waals surface area contributed by atoms with Crippen molar-refractivity contribution in [3.05, 3.63) is 29.8 Å². The molecule has 2 fully saturated rings. The van der Waals surface area contributed by atoms with E-state index in [1.54, 1.807) is 7.11 Å². The predicted molar refractivity (Wildman–Crippen MR) is 81.7 cm³/mol. The number of sulfonamides is 1. The van der Waals surface area contributed by atoms with Gasteiger partial charge in [0.25, 0.3) is 0 Å². The van der Waals surface area contributed by atoms with E-state index in [2.05, 4.69) is 15.7 Å². The first-order valence-electron chi connectivity index (χ1n) is 7.42. The van der Waals surface area contributed by atoms with Crippen LogP contribution in [-0.4, -0.2) is 45.3 Å². The predicted octanol–water partition coefficient (Wildman–Crippen LogP) is 1.21. The van der Waals surface area contributed by atoms with Crippen LogP contribution >= 0.6 is 0 Å². The number of hydrogen-bond donors (Lipinski definition) is 1. The van der Waals surface area contributed by atoms with Crippen molar-refractivity contribution in [3.63, 3.8) is 0 Å². The third kappa shape index (κ3) is 3.22. The number of fused-ring (bicyclic) bond motifs is 1. The van der Waals surface area contributed by atoms with Gasteiger partial charge < -0.3 is 4.74 Å². The number of likely N-dealkylation sites (tertiary alicyclic amines) is 1. The average Bonchev–Trinajstić information content (AvgIpc) is 2.64. The molecule has 6 heteroatoms. The number of nitrogens with zero attached hydrogens (tertiary/aromatic N) is 1. The van der Waals surface area contributed by atoms with Gasteiger partial charge in [-0.1, -0.05) is 12.1 Å². The van der Waals surface area contributed by atoms with E-state index in [4.69, 9.17) is 4.74 Å². The zero-order valence-corrected chi connectivity index (χ0v) is 13.1. The van der Waals surface area contributed by atoms with Crippen molar-refractivity contribution >= 4 is 10.0 Å². The minimum absolute atomic E-state index is 0.201. The molecule has 2 atom stereocenters. The van der Waals surface area contributed by atoms with Crippen molar-refractivity contribution in [2.75, 3.05) is 26.7 Å². The lowest BCUT2D eigenvalue weighted by atomic mass is 10.0. The molecule has 0 spiro atoms. The summed E-state index contributed by atoms with van der Waals surface area (Å²) in [5.74, 6) is 1.14. The molecule has 2 saturated heterocycles. The lowest BCUT2D eigenvalue weighted by Crippen LogP contribution is -2.28. The molecular formula is C15H22N2O3S. The van der Waals surface area contributed by atoms with Gasteiger partial charge in [0.15, 0.2) is 0 Å². The molecule has 2 aliphatic rings.